The van der Waals surface area contributed by atoms with Crippen molar-refractivity contribution in [3.05, 3.63) is 46.1 Å². The number of aliphatic hydroxyl groups is 1. The first-order chi connectivity index (χ1) is 16.5. The second-order valence-electron chi connectivity index (χ2n) is 7.80. The summed E-state index contributed by atoms with van der Waals surface area (Å²) in [5.74, 6) is -3.88. The Morgan fingerprint density at radius 2 is 2.09 bits per heavy atom. The van der Waals surface area contributed by atoms with Crippen LogP contribution in [0.1, 0.15) is 48.9 Å². The van der Waals surface area contributed by atoms with Crippen molar-refractivity contribution in [2.24, 2.45) is 0 Å². The van der Waals surface area contributed by atoms with Gasteiger partial charge in [-0.3, -0.25) is 14.7 Å². The van der Waals surface area contributed by atoms with Crippen LogP contribution in [0.4, 0.5) is 23.5 Å². The van der Waals surface area contributed by atoms with Crippen LogP contribution in [0.2, 0.25) is 0 Å². The Labute approximate surface area is 195 Å². The van der Waals surface area contributed by atoms with E-state index in [4.69, 9.17) is 4.74 Å². The fraction of sp³-hybridized carbons (Fsp3) is 0.450. The molecule has 35 heavy (non-hydrogen) atoms. The molecule has 11 nitrogen and oxygen atoms in total. The zero-order valence-corrected chi connectivity index (χ0v) is 18.6. The van der Waals surface area contributed by atoms with E-state index in [1.807, 2.05) is 0 Å². The number of carbonyl (C=O) groups is 1. The van der Waals surface area contributed by atoms with Crippen molar-refractivity contribution < 1.29 is 32.2 Å². The Bertz CT molecular complexity index is 1310. The third-order valence-electron chi connectivity index (χ3n) is 5.35. The highest BCUT2D eigenvalue weighted by molar-refractivity contribution is 6.05. The van der Waals surface area contributed by atoms with Crippen LogP contribution in [0.25, 0.3) is 5.82 Å². The second-order valence-corrected chi connectivity index (χ2v) is 7.80. The van der Waals surface area contributed by atoms with Gasteiger partial charge >= 0.3 is 11.9 Å². The zero-order valence-electron chi connectivity index (χ0n) is 18.6. The Hall–Kier alpha value is -3.75. The lowest BCUT2D eigenvalue weighted by Crippen LogP contribution is -2.33. The fourth-order valence-corrected chi connectivity index (χ4v) is 3.33. The largest absolute Gasteiger partial charge is 0.464 e. The van der Waals surface area contributed by atoms with Crippen molar-refractivity contribution in [2.75, 3.05) is 5.32 Å². The summed E-state index contributed by atoms with van der Waals surface area (Å²) in [4.78, 5) is 33.3. The fourth-order valence-electron chi connectivity index (χ4n) is 3.33. The molecule has 0 aliphatic heterocycles. The number of nitrogens with zero attached hydrogens (tertiary/aromatic N) is 6. The lowest BCUT2D eigenvalue weighted by Gasteiger charge is -2.19. The molecule has 0 spiro atoms. The molecule has 3 heterocycles. The Balaban J connectivity index is 1.78. The highest BCUT2D eigenvalue weighted by Crippen LogP contribution is 2.37. The molecule has 1 aliphatic rings. The van der Waals surface area contributed by atoms with Crippen LogP contribution in [0.3, 0.4) is 0 Å². The van der Waals surface area contributed by atoms with Crippen LogP contribution >= 0.6 is 0 Å². The number of amides is 1. The number of aromatic nitrogens is 6. The van der Waals surface area contributed by atoms with Crippen molar-refractivity contribution in [3.8, 4) is 11.7 Å². The van der Waals surface area contributed by atoms with Crippen molar-refractivity contribution in [3.63, 3.8) is 0 Å². The van der Waals surface area contributed by atoms with E-state index in [0.29, 0.717) is 17.7 Å². The van der Waals surface area contributed by atoms with Gasteiger partial charge in [0.25, 0.3) is 5.91 Å². The molecule has 1 atom stereocenters. The maximum Gasteiger partial charge on any atom is 0.425 e. The van der Waals surface area contributed by atoms with Gasteiger partial charge in [0.05, 0.1) is 0 Å². The SMILES string of the molecule is CCn1c(CO)nn(-c2nc(OC(C)C(F)(F)F)c(C(=O)Nc3nccn3C3CC3)cc2F)c1=O. The summed E-state index contributed by atoms with van der Waals surface area (Å²) in [6, 6.07) is 0.739. The first-order valence-electron chi connectivity index (χ1n) is 10.6. The molecule has 1 fully saturated rings. The summed E-state index contributed by atoms with van der Waals surface area (Å²) in [7, 11) is 0. The maximum atomic E-state index is 15.1. The molecule has 3 aromatic rings. The number of pyridine rings is 1. The summed E-state index contributed by atoms with van der Waals surface area (Å²) < 4.78 is 62.7. The molecule has 0 saturated heterocycles. The van der Waals surface area contributed by atoms with E-state index >= 15 is 4.39 Å². The number of carbonyl (C=O) groups excluding carboxylic acids is 1. The van der Waals surface area contributed by atoms with Gasteiger partial charge in [0.15, 0.2) is 23.6 Å². The van der Waals surface area contributed by atoms with Gasteiger partial charge in [-0.05, 0) is 32.8 Å². The number of hydrogen-bond donors (Lipinski definition) is 2. The first kappa shape index (κ1) is 24.4. The summed E-state index contributed by atoms with van der Waals surface area (Å²) in [6.07, 6.45) is -2.42. The van der Waals surface area contributed by atoms with Crippen molar-refractivity contribution in [1.29, 1.82) is 0 Å². The molecule has 0 bridgehead atoms. The van der Waals surface area contributed by atoms with Crippen molar-refractivity contribution in [2.45, 2.75) is 58.2 Å². The lowest BCUT2D eigenvalue weighted by molar-refractivity contribution is -0.190. The lowest BCUT2D eigenvalue weighted by atomic mass is 10.2. The number of rotatable bonds is 8. The monoisotopic (exact) mass is 499 g/mol. The minimum absolute atomic E-state index is 0.0823. The van der Waals surface area contributed by atoms with Gasteiger partial charge in [0.2, 0.25) is 11.8 Å². The smallest absolute Gasteiger partial charge is 0.425 e. The molecule has 4 rings (SSSR count). The number of imidazole rings is 1. The molecule has 1 unspecified atom stereocenters. The van der Waals surface area contributed by atoms with Crippen molar-refractivity contribution in [1.82, 2.24) is 28.9 Å². The standard InChI is InChI=1S/C20H21F4N7O4/c1-3-29-14(9-32)28-31(19(29)34)15-13(21)8-12(17(26-15)35-10(2)20(22,23)24)16(33)27-18-25-6-7-30(18)11-4-5-11/h6-8,10-11,32H,3-5,9H2,1-2H3,(H,25,27,33). The van der Waals surface area contributed by atoms with Crippen LogP contribution in [0, 0.1) is 5.82 Å². The second kappa shape index (κ2) is 9.13. The molecule has 0 radical (unpaired) electrons. The number of aliphatic hydroxyl groups excluding tert-OH is 1. The molecule has 1 amide bonds. The van der Waals surface area contributed by atoms with Crippen LogP contribution < -0.4 is 15.7 Å². The first-order valence-corrected chi connectivity index (χ1v) is 10.6. The third kappa shape index (κ3) is 4.76. The molecule has 2 N–H and O–H groups in total. The van der Waals surface area contributed by atoms with Gasteiger partial charge < -0.3 is 14.4 Å². The highest BCUT2D eigenvalue weighted by Gasteiger charge is 2.39. The van der Waals surface area contributed by atoms with Gasteiger partial charge in [0, 0.05) is 25.0 Å². The molecule has 1 saturated carbocycles. The molecule has 15 heteroatoms. The van der Waals surface area contributed by atoms with E-state index in [-0.39, 0.29) is 24.4 Å². The zero-order chi connectivity index (χ0) is 25.5. The average molecular weight is 499 g/mol. The highest BCUT2D eigenvalue weighted by atomic mass is 19.4. The predicted molar refractivity (Wildman–Crippen MR) is 112 cm³/mol. The quantitative estimate of drug-likeness (QED) is 0.455. The summed E-state index contributed by atoms with van der Waals surface area (Å²) in [6.45, 7) is 1.70. The molecule has 1 aliphatic carbocycles. The predicted octanol–water partition coefficient (Wildman–Crippen LogP) is 2.19. The number of ether oxygens (including phenoxy) is 1. The average Bonchev–Trinajstić information content (AvgIpc) is 3.46. The topological polar surface area (TPSA) is 129 Å². The van der Waals surface area contributed by atoms with E-state index in [0.717, 1.165) is 17.4 Å². The number of halogens is 4. The van der Waals surface area contributed by atoms with Gasteiger partial charge in [-0.1, -0.05) is 0 Å². The Kier molecular flexibility index (Phi) is 6.36. The third-order valence-corrected chi connectivity index (χ3v) is 5.35. The number of alkyl halides is 3. The van der Waals surface area contributed by atoms with Gasteiger partial charge in [-0.15, -0.1) is 5.10 Å². The minimum atomic E-state index is -4.82. The van der Waals surface area contributed by atoms with E-state index in [1.54, 1.807) is 17.7 Å². The molecular formula is C20H21F4N7O4. The van der Waals surface area contributed by atoms with Crippen molar-refractivity contribution >= 4 is 11.9 Å². The molecule has 0 aromatic carbocycles. The molecule has 3 aromatic heterocycles. The van der Waals surface area contributed by atoms with Gasteiger partial charge in [-0.25, -0.2) is 14.2 Å². The summed E-state index contributed by atoms with van der Waals surface area (Å²) in [5, 5.41) is 15.6. The Morgan fingerprint density at radius 3 is 2.66 bits per heavy atom. The summed E-state index contributed by atoms with van der Waals surface area (Å²) >= 11 is 0. The van der Waals surface area contributed by atoms with Crippen LogP contribution in [-0.4, -0.2) is 52.2 Å². The number of anilines is 1. The summed E-state index contributed by atoms with van der Waals surface area (Å²) in [5.41, 5.74) is -1.53. The van der Waals surface area contributed by atoms with E-state index in [2.05, 4.69) is 20.4 Å². The van der Waals surface area contributed by atoms with E-state index in [9.17, 15) is 27.9 Å². The van der Waals surface area contributed by atoms with Gasteiger partial charge in [0.1, 0.15) is 12.2 Å². The van der Waals surface area contributed by atoms with E-state index < -0.39 is 53.6 Å². The molecular weight excluding hydrogens is 478 g/mol. The maximum absolute atomic E-state index is 15.1. The number of nitrogens with one attached hydrogen (secondary N) is 1. The molecule has 188 valence electrons. The van der Waals surface area contributed by atoms with Crippen LogP contribution in [-0.2, 0) is 13.2 Å². The van der Waals surface area contributed by atoms with Crippen LogP contribution in [0.5, 0.6) is 5.88 Å². The van der Waals surface area contributed by atoms with Crippen LogP contribution in [0.15, 0.2) is 23.3 Å². The number of hydrogen-bond acceptors (Lipinski definition) is 7. The normalized spacial score (nSPS) is 14.7. The minimum Gasteiger partial charge on any atom is -0.464 e. The van der Waals surface area contributed by atoms with E-state index in [1.165, 1.54) is 6.20 Å². The van der Waals surface area contributed by atoms with Gasteiger partial charge in [-0.2, -0.15) is 22.8 Å². The Morgan fingerprint density at radius 1 is 1.37 bits per heavy atom.